The molecule has 0 aromatic carbocycles. The van der Waals surface area contributed by atoms with E-state index in [-0.39, 0.29) is 20.9 Å². The van der Waals surface area contributed by atoms with E-state index in [1.165, 1.54) is 11.1 Å². The Morgan fingerprint density at radius 2 is 2.05 bits per heavy atom. The molecule has 20 heavy (non-hydrogen) atoms. The number of pyridine rings is 1. The van der Waals surface area contributed by atoms with Crippen LogP contribution in [-0.4, -0.2) is 4.98 Å². The predicted octanol–water partition coefficient (Wildman–Crippen LogP) is 2.45. The second kappa shape index (κ2) is 4.68. The Hall–Kier alpha value is -1.18. The van der Waals surface area contributed by atoms with Crippen LogP contribution in [0.1, 0.15) is 38.4 Å². The van der Waals surface area contributed by atoms with Crippen molar-refractivity contribution in [2.45, 2.75) is 39.2 Å². The van der Waals surface area contributed by atoms with Crippen LogP contribution in [0.5, 0.6) is 0 Å². The number of allylic oxidation sites excluding steroid dienone is 2. The van der Waals surface area contributed by atoms with Gasteiger partial charge in [0, 0.05) is 23.6 Å². The summed E-state index contributed by atoms with van der Waals surface area (Å²) in [5.74, 6) is 0. The van der Waals surface area contributed by atoms with Crippen molar-refractivity contribution in [2.75, 3.05) is 0 Å². The first-order chi connectivity index (χ1) is 8.89. The van der Waals surface area contributed by atoms with Gasteiger partial charge in [0.15, 0.2) is 0 Å². The van der Waals surface area contributed by atoms with Crippen LogP contribution in [0.4, 0.5) is 0 Å². The number of hydrogen-bond donors (Lipinski definition) is 2. The van der Waals surface area contributed by atoms with Gasteiger partial charge in [0.1, 0.15) is 0 Å². The number of rotatable bonds is 0. The lowest BCUT2D eigenvalue weighted by Crippen LogP contribution is -2.52. The smallest absolute Gasteiger partial charge is 0.248 e. The molecule has 108 valence electrons. The van der Waals surface area contributed by atoms with Gasteiger partial charge >= 0.3 is 0 Å². The van der Waals surface area contributed by atoms with Crippen LogP contribution in [-0.2, 0) is 12.0 Å². The molecule has 3 atom stereocenters. The summed E-state index contributed by atoms with van der Waals surface area (Å²) in [7, 11) is 0. The predicted molar refractivity (Wildman–Crippen MR) is 88.0 cm³/mol. The highest BCUT2D eigenvalue weighted by Crippen LogP contribution is 2.53. The van der Waals surface area contributed by atoms with Crippen molar-refractivity contribution in [1.29, 1.82) is 0 Å². The van der Waals surface area contributed by atoms with Crippen LogP contribution in [0.3, 0.4) is 0 Å². The van der Waals surface area contributed by atoms with Crippen molar-refractivity contribution in [3.8, 4) is 0 Å². The molecule has 3 N–H and O–H groups in total. The molecule has 2 aliphatic carbocycles. The molecular formula is C16H23N2OP. The third-order valence-corrected chi connectivity index (χ3v) is 4.53. The van der Waals surface area contributed by atoms with Crippen molar-refractivity contribution in [1.82, 2.24) is 4.98 Å². The largest absolute Gasteiger partial charge is 0.326 e. The zero-order chi connectivity index (χ0) is 13.8. The molecule has 2 bridgehead atoms. The minimum Gasteiger partial charge on any atom is -0.326 e. The second-order valence-electron chi connectivity index (χ2n) is 6.15. The molecule has 0 fully saturated rings. The lowest BCUT2D eigenvalue weighted by atomic mass is 9.57. The lowest BCUT2D eigenvalue weighted by Gasteiger charge is -2.50. The first kappa shape index (κ1) is 15.2. The normalized spacial score (nSPS) is 33.2. The summed E-state index contributed by atoms with van der Waals surface area (Å²) in [5, 5.41) is 0. The molecule has 1 heterocycles. The molecule has 1 aromatic rings. The van der Waals surface area contributed by atoms with Gasteiger partial charge in [-0.05, 0) is 37.5 Å². The molecule has 0 radical (unpaired) electrons. The topological polar surface area (TPSA) is 58.9 Å². The number of fused-ring (bicyclic) bond motifs is 4. The van der Waals surface area contributed by atoms with Crippen molar-refractivity contribution in [2.24, 2.45) is 11.1 Å². The van der Waals surface area contributed by atoms with Gasteiger partial charge in [-0.15, -0.1) is 0 Å². The maximum absolute atomic E-state index is 11.6. The van der Waals surface area contributed by atoms with E-state index in [2.05, 4.69) is 37.9 Å². The third-order valence-electron chi connectivity index (χ3n) is 4.53. The van der Waals surface area contributed by atoms with E-state index < -0.39 is 5.54 Å². The van der Waals surface area contributed by atoms with Gasteiger partial charge in [-0.1, -0.05) is 24.6 Å². The maximum Gasteiger partial charge on any atom is 0.248 e. The van der Waals surface area contributed by atoms with Crippen LogP contribution >= 0.6 is 9.90 Å². The summed E-state index contributed by atoms with van der Waals surface area (Å²) in [6.45, 7) is 6.41. The molecule has 3 nitrogen and oxygen atoms in total. The molecule has 4 heteroatoms. The molecule has 0 saturated heterocycles. The Balaban J connectivity index is 0.00000147. The highest BCUT2D eigenvalue weighted by Gasteiger charge is 2.49. The van der Waals surface area contributed by atoms with Gasteiger partial charge in [0.05, 0.1) is 5.54 Å². The van der Waals surface area contributed by atoms with Gasteiger partial charge in [0.2, 0.25) is 5.56 Å². The van der Waals surface area contributed by atoms with Crippen LogP contribution in [0.15, 0.2) is 40.2 Å². The SMILES string of the molecule is C/C=C1\C2(C)C=C(C)C[C@]1(N)c1ccc(=O)[nH]c1C2.P. The van der Waals surface area contributed by atoms with Crippen molar-refractivity contribution in [3.63, 3.8) is 0 Å². The van der Waals surface area contributed by atoms with Gasteiger partial charge in [-0.25, -0.2) is 0 Å². The van der Waals surface area contributed by atoms with E-state index in [0.717, 1.165) is 24.1 Å². The minimum atomic E-state index is -0.472. The number of aromatic nitrogens is 1. The number of aromatic amines is 1. The van der Waals surface area contributed by atoms with Crippen molar-refractivity contribution >= 4 is 9.90 Å². The van der Waals surface area contributed by atoms with Gasteiger partial charge in [-0.2, -0.15) is 9.90 Å². The number of H-pyrrole nitrogens is 1. The fraction of sp³-hybridized carbons (Fsp3) is 0.438. The van der Waals surface area contributed by atoms with E-state index in [9.17, 15) is 4.79 Å². The summed E-state index contributed by atoms with van der Waals surface area (Å²) >= 11 is 0. The molecule has 0 saturated carbocycles. The first-order valence-electron chi connectivity index (χ1n) is 6.76. The summed E-state index contributed by atoms with van der Waals surface area (Å²) < 4.78 is 0. The summed E-state index contributed by atoms with van der Waals surface area (Å²) in [6.07, 6.45) is 6.09. The molecular weight excluding hydrogens is 267 g/mol. The molecule has 1 aromatic heterocycles. The Bertz CT molecular complexity index is 673. The quantitative estimate of drug-likeness (QED) is 0.569. The molecule has 0 aliphatic heterocycles. The van der Waals surface area contributed by atoms with E-state index in [1.807, 2.05) is 6.07 Å². The van der Waals surface area contributed by atoms with Crippen LogP contribution in [0.2, 0.25) is 0 Å². The highest BCUT2D eigenvalue weighted by atomic mass is 31.0. The summed E-state index contributed by atoms with van der Waals surface area (Å²) in [6, 6.07) is 3.48. The number of nitrogens with two attached hydrogens (primary N) is 1. The fourth-order valence-electron chi connectivity index (χ4n) is 4.13. The molecule has 0 spiro atoms. The molecule has 2 aliphatic rings. The first-order valence-corrected chi connectivity index (χ1v) is 6.76. The van der Waals surface area contributed by atoms with Crippen molar-refractivity contribution < 1.29 is 0 Å². The Morgan fingerprint density at radius 1 is 1.35 bits per heavy atom. The molecule has 0 amide bonds. The number of nitrogens with one attached hydrogen (secondary N) is 1. The highest BCUT2D eigenvalue weighted by molar-refractivity contribution is 6.92. The van der Waals surface area contributed by atoms with Crippen molar-refractivity contribution in [3.05, 3.63) is 57.0 Å². The zero-order valence-corrected chi connectivity index (χ0v) is 13.8. The van der Waals surface area contributed by atoms with E-state index in [1.54, 1.807) is 6.07 Å². The van der Waals surface area contributed by atoms with Crippen LogP contribution in [0, 0.1) is 5.41 Å². The average molecular weight is 290 g/mol. The van der Waals surface area contributed by atoms with Crippen LogP contribution < -0.4 is 11.3 Å². The standard InChI is InChI=1S/C16H20N2O.H3P/c1-4-13-15(3)7-10(2)8-16(13,17)11-5-6-14(19)18-12(11)9-15;/h4-7H,8-9,17H2,1-3H3,(H,18,19);1H3/b13-4+;/t15?,16-;/m0./s1. The summed E-state index contributed by atoms with van der Waals surface area (Å²) in [4.78, 5) is 14.5. The Kier molecular flexibility index (Phi) is 3.56. The maximum atomic E-state index is 11.6. The van der Waals surface area contributed by atoms with Gasteiger partial charge < -0.3 is 10.7 Å². The van der Waals surface area contributed by atoms with Gasteiger partial charge in [0.25, 0.3) is 0 Å². The molecule has 3 rings (SSSR count). The van der Waals surface area contributed by atoms with Crippen LogP contribution in [0.25, 0.3) is 0 Å². The lowest BCUT2D eigenvalue weighted by molar-refractivity contribution is 0.324. The fourth-order valence-corrected chi connectivity index (χ4v) is 4.13. The van der Waals surface area contributed by atoms with E-state index in [4.69, 9.17) is 5.73 Å². The monoisotopic (exact) mass is 290 g/mol. The zero-order valence-electron chi connectivity index (χ0n) is 12.4. The van der Waals surface area contributed by atoms with E-state index >= 15 is 0 Å². The summed E-state index contributed by atoms with van der Waals surface area (Å²) in [5.41, 5.74) is 10.8. The molecule has 2 unspecified atom stereocenters. The van der Waals surface area contributed by atoms with Gasteiger partial charge in [-0.3, -0.25) is 4.79 Å². The van der Waals surface area contributed by atoms with E-state index in [0.29, 0.717) is 0 Å². The average Bonchev–Trinajstić information content (AvgIpc) is 2.25. The third kappa shape index (κ3) is 1.92. The number of hydrogen-bond acceptors (Lipinski definition) is 2. The Morgan fingerprint density at radius 3 is 2.70 bits per heavy atom. The Labute approximate surface area is 123 Å². The second-order valence-corrected chi connectivity index (χ2v) is 6.15. The minimum absolute atomic E-state index is 0.